The normalized spacial score (nSPS) is 16.9. The highest BCUT2D eigenvalue weighted by Crippen LogP contribution is 2.27. The number of hydrogen-bond donors (Lipinski definition) is 0. The van der Waals surface area contributed by atoms with Crippen molar-refractivity contribution in [3.8, 4) is 0 Å². The lowest BCUT2D eigenvalue weighted by molar-refractivity contribution is -0.141. The van der Waals surface area contributed by atoms with Gasteiger partial charge in [-0.2, -0.15) is 0 Å². The largest absolute Gasteiger partial charge is 0.469 e. The molecule has 18 heavy (non-hydrogen) atoms. The van der Waals surface area contributed by atoms with Crippen LogP contribution in [-0.4, -0.2) is 13.1 Å². The van der Waals surface area contributed by atoms with Crippen LogP contribution in [0, 0.1) is 0 Å². The Labute approximate surface area is 109 Å². The Morgan fingerprint density at radius 2 is 1.94 bits per heavy atom. The average molecular weight is 244 g/mol. The fraction of sp³-hybridized carbons (Fsp3) is 0.438. The van der Waals surface area contributed by atoms with Crippen LogP contribution in [0.3, 0.4) is 0 Å². The Balaban J connectivity index is 2.14. The second-order valence-corrected chi connectivity index (χ2v) is 4.84. The summed E-state index contributed by atoms with van der Waals surface area (Å²) >= 11 is 0. The molecule has 1 aliphatic rings. The number of carbonyl (C=O) groups excluding carboxylic acids is 1. The summed E-state index contributed by atoms with van der Waals surface area (Å²) in [7, 11) is 1.43. The number of ether oxygens (including phenoxy) is 1. The zero-order valence-corrected chi connectivity index (χ0v) is 11.1. The summed E-state index contributed by atoms with van der Waals surface area (Å²) in [5.41, 5.74) is 3.75. The monoisotopic (exact) mass is 244 g/mol. The second-order valence-electron chi connectivity index (χ2n) is 4.84. The molecule has 0 saturated carbocycles. The molecule has 0 spiro atoms. The molecule has 0 aliphatic heterocycles. The molecule has 0 heterocycles. The minimum atomic E-state index is -0.190. The first-order chi connectivity index (χ1) is 8.72. The van der Waals surface area contributed by atoms with Crippen molar-refractivity contribution < 1.29 is 9.53 Å². The van der Waals surface area contributed by atoms with Crippen LogP contribution >= 0.6 is 0 Å². The molecule has 1 aliphatic carbocycles. The van der Waals surface area contributed by atoms with E-state index >= 15 is 0 Å². The third-order valence-corrected chi connectivity index (χ3v) is 3.63. The maximum absolute atomic E-state index is 11.5. The summed E-state index contributed by atoms with van der Waals surface area (Å²) in [5, 5.41) is 0. The lowest BCUT2D eigenvalue weighted by Crippen LogP contribution is -2.10. The predicted octanol–water partition coefficient (Wildman–Crippen LogP) is 3.92. The third-order valence-electron chi connectivity index (χ3n) is 3.63. The van der Waals surface area contributed by atoms with Gasteiger partial charge in [-0.15, -0.1) is 0 Å². The van der Waals surface area contributed by atoms with Crippen molar-refractivity contribution in [1.82, 2.24) is 0 Å². The highest BCUT2D eigenvalue weighted by atomic mass is 16.5. The molecule has 0 amide bonds. The van der Waals surface area contributed by atoms with Crippen molar-refractivity contribution in [1.29, 1.82) is 0 Å². The zero-order valence-electron chi connectivity index (χ0n) is 11.1. The van der Waals surface area contributed by atoms with Crippen LogP contribution in [0.25, 0.3) is 5.57 Å². The lowest BCUT2D eigenvalue weighted by atomic mass is 9.92. The fourth-order valence-electron chi connectivity index (χ4n) is 2.40. The predicted molar refractivity (Wildman–Crippen MR) is 73.3 cm³/mol. The number of methoxy groups -OCH3 is 1. The van der Waals surface area contributed by atoms with Crippen LogP contribution in [0.1, 0.15) is 49.7 Å². The van der Waals surface area contributed by atoms with E-state index in [9.17, 15) is 4.79 Å². The van der Waals surface area contributed by atoms with Crippen molar-refractivity contribution in [2.24, 2.45) is 0 Å². The summed E-state index contributed by atoms with van der Waals surface area (Å²) in [5.74, 6) is -0.371. The Kier molecular flexibility index (Phi) is 4.19. The average Bonchev–Trinajstić information content (AvgIpc) is 2.47. The van der Waals surface area contributed by atoms with Gasteiger partial charge in [0.2, 0.25) is 0 Å². The van der Waals surface area contributed by atoms with E-state index in [-0.39, 0.29) is 11.9 Å². The van der Waals surface area contributed by atoms with Gasteiger partial charge in [-0.3, -0.25) is 4.79 Å². The first-order valence-electron chi connectivity index (χ1n) is 6.59. The van der Waals surface area contributed by atoms with Gasteiger partial charge in [0, 0.05) is 0 Å². The van der Waals surface area contributed by atoms with E-state index in [2.05, 4.69) is 18.2 Å². The second kappa shape index (κ2) is 5.85. The molecule has 0 N–H and O–H groups in total. The molecule has 0 saturated heterocycles. The number of rotatable bonds is 3. The first-order valence-corrected chi connectivity index (χ1v) is 6.59. The van der Waals surface area contributed by atoms with Crippen molar-refractivity contribution in [2.75, 3.05) is 7.11 Å². The van der Waals surface area contributed by atoms with Gasteiger partial charge in [-0.1, -0.05) is 30.3 Å². The standard InChI is InChI=1S/C16H20O2/c1-12(16(17)18-2)13-8-10-15(11-9-13)14-6-4-3-5-7-14/h6,8-12H,3-5,7H2,1-2H3. The number of benzene rings is 1. The van der Waals surface area contributed by atoms with Gasteiger partial charge < -0.3 is 4.74 Å². The van der Waals surface area contributed by atoms with Crippen LogP contribution in [0.2, 0.25) is 0 Å². The van der Waals surface area contributed by atoms with Gasteiger partial charge in [0.25, 0.3) is 0 Å². The van der Waals surface area contributed by atoms with Gasteiger partial charge in [0.15, 0.2) is 0 Å². The van der Waals surface area contributed by atoms with Gasteiger partial charge >= 0.3 is 5.97 Å². The third kappa shape index (κ3) is 2.81. The highest BCUT2D eigenvalue weighted by molar-refractivity contribution is 5.78. The molecule has 2 nitrogen and oxygen atoms in total. The molecule has 0 aromatic heterocycles. The molecule has 0 radical (unpaired) electrons. The number of carbonyl (C=O) groups is 1. The summed E-state index contributed by atoms with van der Waals surface area (Å²) in [6.45, 7) is 1.88. The number of esters is 1. The Bertz CT molecular complexity index is 443. The van der Waals surface area contributed by atoms with Crippen molar-refractivity contribution in [3.05, 3.63) is 41.5 Å². The Morgan fingerprint density at radius 3 is 2.50 bits per heavy atom. The van der Waals surface area contributed by atoms with E-state index in [0.29, 0.717) is 0 Å². The number of hydrogen-bond acceptors (Lipinski definition) is 2. The van der Waals surface area contributed by atoms with Crippen LogP contribution in [0.5, 0.6) is 0 Å². The van der Waals surface area contributed by atoms with Crippen LogP contribution in [0.15, 0.2) is 30.3 Å². The van der Waals surface area contributed by atoms with Gasteiger partial charge in [0.1, 0.15) is 0 Å². The van der Waals surface area contributed by atoms with Gasteiger partial charge in [0.05, 0.1) is 13.0 Å². The maximum atomic E-state index is 11.5. The smallest absolute Gasteiger partial charge is 0.312 e. The molecule has 2 heteroatoms. The maximum Gasteiger partial charge on any atom is 0.312 e. The molecule has 1 aromatic rings. The molecule has 0 fully saturated rings. The zero-order chi connectivity index (χ0) is 13.0. The summed E-state index contributed by atoms with van der Waals surface area (Å²) in [4.78, 5) is 11.5. The Hall–Kier alpha value is -1.57. The van der Waals surface area contributed by atoms with Gasteiger partial charge in [-0.05, 0) is 49.3 Å². The van der Waals surface area contributed by atoms with E-state index < -0.39 is 0 Å². The molecule has 1 aromatic carbocycles. The van der Waals surface area contributed by atoms with E-state index in [0.717, 1.165) is 5.56 Å². The van der Waals surface area contributed by atoms with Crippen LogP contribution in [0.4, 0.5) is 0 Å². The summed E-state index contributed by atoms with van der Waals surface area (Å²) in [6, 6.07) is 8.30. The van der Waals surface area contributed by atoms with Crippen LogP contribution < -0.4 is 0 Å². The first kappa shape index (κ1) is 12.9. The van der Waals surface area contributed by atoms with E-state index in [1.54, 1.807) is 0 Å². The summed E-state index contributed by atoms with van der Waals surface area (Å²) < 4.78 is 4.76. The molecule has 0 bridgehead atoms. The van der Waals surface area contributed by atoms with Gasteiger partial charge in [-0.25, -0.2) is 0 Å². The van der Waals surface area contributed by atoms with E-state index in [1.165, 1.54) is 43.9 Å². The summed E-state index contributed by atoms with van der Waals surface area (Å²) in [6.07, 6.45) is 7.29. The van der Waals surface area contributed by atoms with Crippen molar-refractivity contribution in [2.45, 2.75) is 38.5 Å². The quantitative estimate of drug-likeness (QED) is 0.753. The SMILES string of the molecule is COC(=O)C(C)c1ccc(C2=CCCCC2)cc1. The Morgan fingerprint density at radius 1 is 1.22 bits per heavy atom. The molecule has 96 valence electrons. The highest BCUT2D eigenvalue weighted by Gasteiger charge is 2.15. The van der Waals surface area contributed by atoms with Crippen LogP contribution in [-0.2, 0) is 9.53 Å². The lowest BCUT2D eigenvalue weighted by Gasteiger charge is -2.14. The van der Waals surface area contributed by atoms with E-state index in [4.69, 9.17) is 4.74 Å². The topological polar surface area (TPSA) is 26.3 Å². The molecule has 1 atom stereocenters. The molecule has 2 rings (SSSR count). The number of allylic oxidation sites excluding steroid dienone is 2. The molecule has 1 unspecified atom stereocenters. The molecular weight excluding hydrogens is 224 g/mol. The van der Waals surface area contributed by atoms with Crippen molar-refractivity contribution in [3.63, 3.8) is 0 Å². The minimum absolute atomic E-state index is 0.181. The van der Waals surface area contributed by atoms with E-state index in [1.807, 2.05) is 19.1 Å². The minimum Gasteiger partial charge on any atom is -0.469 e. The molecular formula is C16H20O2. The van der Waals surface area contributed by atoms with Crippen molar-refractivity contribution >= 4 is 11.5 Å². The fourth-order valence-corrected chi connectivity index (χ4v) is 2.40.